The quantitative estimate of drug-likeness (QED) is 0.251. The minimum absolute atomic E-state index is 0.0146. The van der Waals surface area contributed by atoms with Crippen molar-refractivity contribution in [2.45, 2.75) is 20.9 Å². The van der Waals surface area contributed by atoms with E-state index < -0.39 is 17.7 Å². The van der Waals surface area contributed by atoms with Crippen LogP contribution < -0.4 is 5.11 Å². The van der Waals surface area contributed by atoms with Crippen LogP contribution in [-0.2, 0) is 21.9 Å². The highest BCUT2D eigenvalue weighted by Crippen LogP contribution is 2.31. The Morgan fingerprint density at radius 3 is 1.50 bits per heavy atom. The summed E-state index contributed by atoms with van der Waals surface area (Å²) in [4.78, 5) is 14.1. The van der Waals surface area contributed by atoms with Gasteiger partial charge in [-0.05, 0) is 60.2 Å². The average Bonchev–Trinajstić information content (AvgIpc) is 2.85. The summed E-state index contributed by atoms with van der Waals surface area (Å²) >= 11 is 0. The molecule has 0 amide bonds. The van der Waals surface area contributed by atoms with Gasteiger partial charge in [-0.15, -0.1) is 0 Å². The predicted molar refractivity (Wildman–Crippen MR) is 127 cm³/mol. The van der Waals surface area contributed by atoms with Gasteiger partial charge in [0, 0.05) is 0 Å². The lowest BCUT2D eigenvalue weighted by atomic mass is 10.1. The molecule has 4 rings (SSSR count). The Morgan fingerprint density at radius 1 is 0.676 bits per heavy atom. The molecule has 2 nitrogen and oxygen atoms in total. The van der Waals surface area contributed by atoms with Crippen LogP contribution >= 0.6 is 0 Å². The lowest BCUT2D eigenvalue weighted by molar-refractivity contribution is -0.297. The van der Waals surface area contributed by atoms with Crippen molar-refractivity contribution >= 4 is 22.9 Å². The van der Waals surface area contributed by atoms with Gasteiger partial charge in [-0.25, -0.2) is 0 Å². The molecule has 4 aromatic carbocycles. The van der Waals surface area contributed by atoms with Crippen LogP contribution in [0, 0.1) is 0 Å². The van der Waals surface area contributed by atoms with Crippen molar-refractivity contribution in [3.63, 3.8) is 0 Å². The number of rotatable bonds is 5. The summed E-state index contributed by atoms with van der Waals surface area (Å²) in [5.74, 6) is -1.45. The Balaban J connectivity index is 0.000000197. The summed E-state index contributed by atoms with van der Waals surface area (Å²) in [5, 5.41) is 10.0. The monoisotopic (exact) mass is 478 g/mol. The van der Waals surface area contributed by atoms with Gasteiger partial charge in [0.05, 0.1) is 22.4 Å². The van der Waals surface area contributed by atoms with Crippen LogP contribution in [-0.4, -0.2) is 5.97 Å². The van der Waals surface area contributed by atoms with E-state index in [1.807, 2.05) is 0 Å². The van der Waals surface area contributed by atoms with Crippen molar-refractivity contribution in [1.82, 2.24) is 0 Å². The standard InChI is InChI=1S/C18H15S.C10H7F3O2/c1-4-10-16(11-5-1)19(17-12-6-2-7-13-17)18-14-8-3-9-15-18;11-10(12,13)8-3-1-2-7(6-8)4-5-9(14)15/h1-15H;1-6H,(H,14,15)/q+1;/p-1. The van der Waals surface area contributed by atoms with E-state index in [4.69, 9.17) is 0 Å². The molecule has 0 radical (unpaired) electrons. The smallest absolute Gasteiger partial charge is 0.416 e. The molecule has 34 heavy (non-hydrogen) atoms. The molecule has 0 aliphatic rings. The molecular weight excluding hydrogens is 457 g/mol. The number of benzene rings is 4. The van der Waals surface area contributed by atoms with Crippen molar-refractivity contribution in [3.8, 4) is 0 Å². The topological polar surface area (TPSA) is 40.1 Å². The van der Waals surface area contributed by atoms with Crippen molar-refractivity contribution in [2.24, 2.45) is 0 Å². The number of alkyl halides is 3. The molecule has 4 aromatic rings. The zero-order valence-electron chi connectivity index (χ0n) is 18.0. The Morgan fingerprint density at radius 2 is 1.12 bits per heavy atom. The summed E-state index contributed by atoms with van der Waals surface area (Å²) in [6, 6.07) is 36.5. The SMILES string of the molecule is O=C([O-])C=Cc1cccc(C(F)(F)F)c1.c1ccc([S+](c2ccccc2)c2ccccc2)cc1. The largest absolute Gasteiger partial charge is 0.545 e. The van der Waals surface area contributed by atoms with Crippen molar-refractivity contribution < 1.29 is 23.1 Å². The molecule has 0 saturated carbocycles. The second-order valence-corrected chi connectivity index (χ2v) is 9.05. The minimum atomic E-state index is -4.43. The highest BCUT2D eigenvalue weighted by atomic mass is 32.2. The zero-order valence-corrected chi connectivity index (χ0v) is 18.8. The van der Waals surface area contributed by atoms with E-state index in [9.17, 15) is 23.1 Å². The Bertz CT molecular complexity index is 1110. The van der Waals surface area contributed by atoms with Gasteiger partial charge in [0.2, 0.25) is 0 Å². The van der Waals surface area contributed by atoms with E-state index >= 15 is 0 Å². The van der Waals surface area contributed by atoms with Crippen LogP contribution in [0.5, 0.6) is 0 Å². The van der Waals surface area contributed by atoms with Gasteiger partial charge in [-0.1, -0.05) is 72.8 Å². The summed E-state index contributed by atoms with van der Waals surface area (Å²) in [5.41, 5.74) is -0.656. The summed E-state index contributed by atoms with van der Waals surface area (Å²) in [7, 11) is -0.0146. The Kier molecular flexibility index (Phi) is 8.71. The second-order valence-electron chi connectivity index (χ2n) is 7.02. The highest BCUT2D eigenvalue weighted by molar-refractivity contribution is 7.97. The first kappa shape index (κ1) is 24.9. The molecule has 0 heterocycles. The van der Waals surface area contributed by atoms with Gasteiger partial charge in [0.1, 0.15) is 0 Å². The predicted octanol–water partition coefficient (Wildman–Crippen LogP) is 6.25. The molecule has 0 aromatic heterocycles. The first-order valence-electron chi connectivity index (χ1n) is 10.3. The Labute approximate surface area is 199 Å². The van der Waals surface area contributed by atoms with Crippen LogP contribution in [0.15, 0.2) is 136 Å². The molecule has 0 saturated heterocycles. The molecule has 0 fully saturated rings. The molecular formula is C28H21F3O2S. The van der Waals surface area contributed by atoms with Crippen LogP contribution in [0.4, 0.5) is 13.2 Å². The number of carboxylic acid groups (broad SMARTS) is 1. The second kappa shape index (κ2) is 11.9. The lowest BCUT2D eigenvalue weighted by Gasteiger charge is -2.07. The van der Waals surface area contributed by atoms with Crippen LogP contribution in [0.1, 0.15) is 11.1 Å². The first-order valence-corrected chi connectivity index (χ1v) is 11.5. The number of carboxylic acids is 1. The van der Waals surface area contributed by atoms with Gasteiger partial charge >= 0.3 is 6.18 Å². The number of carbonyl (C=O) groups is 1. The summed E-state index contributed by atoms with van der Waals surface area (Å²) in [6.07, 6.45) is -2.70. The Hall–Kier alpha value is -3.77. The molecule has 0 aliphatic heterocycles. The number of hydrogen-bond acceptors (Lipinski definition) is 2. The number of carbonyl (C=O) groups excluding carboxylic acids is 1. The number of hydrogen-bond donors (Lipinski definition) is 0. The highest BCUT2D eigenvalue weighted by Gasteiger charge is 2.30. The maximum atomic E-state index is 12.2. The number of halogens is 3. The molecule has 6 heteroatoms. The van der Waals surface area contributed by atoms with E-state index in [0.717, 1.165) is 18.2 Å². The molecule has 0 spiro atoms. The molecule has 0 bridgehead atoms. The average molecular weight is 479 g/mol. The summed E-state index contributed by atoms with van der Waals surface area (Å²) < 4.78 is 36.6. The number of aliphatic carboxylic acids is 1. The molecule has 0 unspecified atom stereocenters. The molecule has 0 atom stereocenters. The summed E-state index contributed by atoms with van der Waals surface area (Å²) in [6.45, 7) is 0. The lowest BCUT2D eigenvalue weighted by Crippen LogP contribution is -2.18. The minimum Gasteiger partial charge on any atom is -0.545 e. The maximum Gasteiger partial charge on any atom is 0.416 e. The van der Waals surface area contributed by atoms with Gasteiger partial charge < -0.3 is 9.90 Å². The van der Waals surface area contributed by atoms with Gasteiger partial charge in [-0.3, -0.25) is 0 Å². The first-order chi connectivity index (χ1) is 16.3. The fraction of sp³-hybridized carbons (Fsp3) is 0.0357. The van der Waals surface area contributed by atoms with Crippen LogP contribution in [0.25, 0.3) is 6.08 Å². The fourth-order valence-corrected chi connectivity index (χ4v) is 5.17. The van der Waals surface area contributed by atoms with E-state index in [0.29, 0.717) is 6.08 Å². The normalized spacial score (nSPS) is 11.2. The van der Waals surface area contributed by atoms with E-state index in [-0.39, 0.29) is 16.5 Å². The third-order valence-corrected chi connectivity index (χ3v) is 6.79. The maximum absolute atomic E-state index is 12.2. The van der Waals surface area contributed by atoms with Crippen molar-refractivity contribution in [3.05, 3.63) is 132 Å². The zero-order chi connectivity index (χ0) is 24.4. The van der Waals surface area contributed by atoms with Crippen LogP contribution in [0.3, 0.4) is 0 Å². The van der Waals surface area contributed by atoms with Crippen LogP contribution in [0.2, 0.25) is 0 Å². The molecule has 172 valence electrons. The molecule has 0 aliphatic carbocycles. The fourth-order valence-electron chi connectivity index (χ4n) is 3.06. The van der Waals surface area contributed by atoms with E-state index in [1.165, 1.54) is 26.8 Å². The van der Waals surface area contributed by atoms with Crippen molar-refractivity contribution in [2.75, 3.05) is 0 Å². The van der Waals surface area contributed by atoms with Gasteiger partial charge in [-0.2, -0.15) is 13.2 Å². The van der Waals surface area contributed by atoms with E-state index in [2.05, 4.69) is 91.0 Å². The van der Waals surface area contributed by atoms with Gasteiger partial charge in [0.25, 0.3) is 0 Å². The van der Waals surface area contributed by atoms with Gasteiger partial charge in [0.15, 0.2) is 14.7 Å². The van der Waals surface area contributed by atoms with E-state index in [1.54, 1.807) is 0 Å². The third-order valence-electron chi connectivity index (χ3n) is 4.56. The molecule has 0 N–H and O–H groups in total. The van der Waals surface area contributed by atoms with Crippen molar-refractivity contribution in [1.29, 1.82) is 0 Å². The third kappa shape index (κ3) is 7.39.